The highest BCUT2D eigenvalue weighted by molar-refractivity contribution is 5.94. The van der Waals surface area contributed by atoms with Crippen LogP contribution in [-0.2, 0) is 6.54 Å². The summed E-state index contributed by atoms with van der Waals surface area (Å²) in [4.78, 5) is 33.6. The van der Waals surface area contributed by atoms with Crippen molar-refractivity contribution in [2.75, 3.05) is 39.1 Å². The molecule has 1 saturated heterocycles. The van der Waals surface area contributed by atoms with Crippen LogP contribution in [0.15, 0.2) is 47.1 Å². The first-order valence-electron chi connectivity index (χ1n) is 11.0. The predicted molar refractivity (Wildman–Crippen MR) is 120 cm³/mol. The average Bonchev–Trinajstić information content (AvgIpc) is 3.58. The molecule has 1 aliphatic rings. The lowest BCUT2D eigenvalue weighted by molar-refractivity contribution is -0.174. The van der Waals surface area contributed by atoms with Crippen molar-refractivity contribution in [3.63, 3.8) is 0 Å². The molecule has 2 unspecified atom stereocenters. The molecule has 36 heavy (non-hydrogen) atoms. The summed E-state index contributed by atoms with van der Waals surface area (Å²) in [6.45, 7) is -0.643. The minimum atomic E-state index is -4.62. The van der Waals surface area contributed by atoms with Gasteiger partial charge in [0.1, 0.15) is 5.82 Å². The van der Waals surface area contributed by atoms with E-state index in [1.165, 1.54) is 54.4 Å². The van der Waals surface area contributed by atoms with E-state index in [-0.39, 0.29) is 30.6 Å². The number of hydrogen-bond donors (Lipinski definition) is 0. The normalized spacial score (nSPS) is 17.9. The Bertz CT molecular complexity index is 1220. The van der Waals surface area contributed by atoms with Crippen LogP contribution in [0, 0.1) is 11.7 Å². The molecule has 2 atom stereocenters. The number of carbonyl (C=O) groups excluding carboxylic acids is 2. The first-order valence-corrected chi connectivity index (χ1v) is 11.0. The first kappa shape index (κ1) is 25.2. The van der Waals surface area contributed by atoms with Gasteiger partial charge in [0.2, 0.25) is 5.95 Å². The van der Waals surface area contributed by atoms with Crippen LogP contribution in [0.2, 0.25) is 0 Å². The lowest BCUT2D eigenvalue weighted by atomic mass is 9.95. The van der Waals surface area contributed by atoms with Crippen molar-refractivity contribution in [1.82, 2.24) is 24.6 Å². The summed E-state index contributed by atoms with van der Waals surface area (Å²) >= 11 is 0. The summed E-state index contributed by atoms with van der Waals surface area (Å²) < 4.78 is 61.3. The molecule has 2 aromatic heterocycles. The molecule has 0 spiro atoms. The highest BCUT2D eigenvalue weighted by Crippen LogP contribution is 2.42. The fourth-order valence-corrected chi connectivity index (χ4v) is 4.13. The molecule has 0 saturated carbocycles. The maximum Gasteiger partial charge on any atom is 0.394 e. The molecule has 13 heteroatoms. The Morgan fingerprint density at radius 3 is 2.39 bits per heavy atom. The molecule has 192 valence electrons. The Morgan fingerprint density at radius 1 is 1.11 bits per heavy atom. The summed E-state index contributed by atoms with van der Waals surface area (Å²) in [5.74, 6) is -4.64. The highest BCUT2D eigenvalue weighted by atomic mass is 19.4. The van der Waals surface area contributed by atoms with Gasteiger partial charge in [-0.1, -0.05) is 12.1 Å². The van der Waals surface area contributed by atoms with E-state index in [1.54, 1.807) is 19.2 Å². The largest absolute Gasteiger partial charge is 0.459 e. The van der Waals surface area contributed by atoms with Gasteiger partial charge in [-0.25, -0.2) is 9.18 Å². The van der Waals surface area contributed by atoms with Crippen LogP contribution in [0.3, 0.4) is 0 Å². The number of hydrogen-bond acceptors (Lipinski definition) is 6. The topological polar surface area (TPSA) is 87.7 Å². The number of halogens is 4. The van der Waals surface area contributed by atoms with Crippen LogP contribution in [0.1, 0.15) is 27.9 Å². The number of furan rings is 1. The SMILES string of the molecule is CN(C)C(=O)N1CC(c2nc(N(C)Cc3ccc(F)cc3)n(C(=O)c3ccco3)n2)C(C(F)(F)F)C1. The molecular weight excluding hydrogens is 484 g/mol. The maximum atomic E-state index is 14.0. The molecule has 4 rings (SSSR count). The molecular formula is C23H24F4N6O3. The van der Waals surface area contributed by atoms with Crippen molar-refractivity contribution in [2.24, 2.45) is 5.92 Å². The van der Waals surface area contributed by atoms with E-state index in [0.717, 1.165) is 9.58 Å². The highest BCUT2D eigenvalue weighted by Gasteiger charge is 2.53. The van der Waals surface area contributed by atoms with Gasteiger partial charge in [0.15, 0.2) is 11.6 Å². The number of nitrogens with zero attached hydrogens (tertiary/aromatic N) is 6. The van der Waals surface area contributed by atoms with Crippen LogP contribution in [0.25, 0.3) is 0 Å². The second kappa shape index (κ2) is 9.63. The minimum absolute atomic E-state index is 0.0194. The van der Waals surface area contributed by atoms with Gasteiger partial charge in [0, 0.05) is 40.8 Å². The van der Waals surface area contributed by atoms with E-state index >= 15 is 0 Å². The van der Waals surface area contributed by atoms with Crippen molar-refractivity contribution in [3.05, 3.63) is 65.6 Å². The molecule has 2 amide bonds. The molecule has 0 radical (unpaired) electrons. The van der Waals surface area contributed by atoms with Crippen LogP contribution in [0.4, 0.5) is 28.3 Å². The smallest absolute Gasteiger partial charge is 0.394 e. The zero-order valence-corrected chi connectivity index (χ0v) is 19.7. The Labute approximate surface area is 203 Å². The van der Waals surface area contributed by atoms with Gasteiger partial charge < -0.3 is 19.1 Å². The molecule has 3 heterocycles. The van der Waals surface area contributed by atoms with Crippen LogP contribution < -0.4 is 4.90 Å². The third-order valence-electron chi connectivity index (χ3n) is 5.93. The van der Waals surface area contributed by atoms with Gasteiger partial charge in [-0.15, -0.1) is 5.10 Å². The van der Waals surface area contributed by atoms with Gasteiger partial charge in [-0.05, 0) is 29.8 Å². The number of alkyl halides is 3. The number of rotatable bonds is 5. The van der Waals surface area contributed by atoms with Gasteiger partial charge in [0.05, 0.1) is 18.1 Å². The van der Waals surface area contributed by atoms with Crippen molar-refractivity contribution in [2.45, 2.75) is 18.6 Å². The Kier molecular flexibility index (Phi) is 6.74. The van der Waals surface area contributed by atoms with Crippen molar-refractivity contribution in [3.8, 4) is 0 Å². The van der Waals surface area contributed by atoms with Gasteiger partial charge in [-0.3, -0.25) is 4.79 Å². The van der Waals surface area contributed by atoms with Crippen molar-refractivity contribution in [1.29, 1.82) is 0 Å². The second-order valence-corrected chi connectivity index (χ2v) is 8.78. The quantitative estimate of drug-likeness (QED) is 0.490. The number of likely N-dealkylation sites (tertiary alicyclic amines) is 1. The number of amides is 2. The molecule has 1 fully saturated rings. The number of anilines is 1. The van der Waals surface area contributed by atoms with E-state index in [0.29, 0.717) is 5.56 Å². The van der Waals surface area contributed by atoms with E-state index in [1.807, 2.05) is 0 Å². The van der Waals surface area contributed by atoms with Crippen LogP contribution >= 0.6 is 0 Å². The Balaban J connectivity index is 1.73. The zero-order valence-electron chi connectivity index (χ0n) is 19.7. The van der Waals surface area contributed by atoms with E-state index in [9.17, 15) is 27.2 Å². The van der Waals surface area contributed by atoms with Crippen molar-refractivity contribution >= 4 is 17.9 Å². The Morgan fingerprint density at radius 2 is 1.81 bits per heavy atom. The standard InChI is InChI=1S/C23H24F4N6O3/c1-30(2)22(35)32-12-16(17(13-32)23(25,26)27)19-28-21(31(3)11-14-6-8-15(24)9-7-14)33(29-19)20(34)18-5-4-10-36-18/h4-10,16-17H,11-13H2,1-3H3. The third kappa shape index (κ3) is 5.04. The maximum absolute atomic E-state index is 14.0. The van der Waals surface area contributed by atoms with Crippen LogP contribution in [0.5, 0.6) is 0 Å². The third-order valence-corrected chi connectivity index (χ3v) is 5.93. The lowest BCUT2D eigenvalue weighted by Crippen LogP contribution is -2.38. The van der Waals surface area contributed by atoms with Crippen LogP contribution in [-0.4, -0.2) is 76.9 Å². The average molecular weight is 508 g/mol. The molecule has 0 aliphatic carbocycles. The van der Waals surface area contributed by atoms with Crippen molar-refractivity contribution < 1.29 is 31.6 Å². The fraction of sp³-hybridized carbons (Fsp3) is 0.391. The summed E-state index contributed by atoms with van der Waals surface area (Å²) in [6, 6.07) is 7.97. The summed E-state index contributed by atoms with van der Waals surface area (Å²) in [5, 5.41) is 4.17. The second-order valence-electron chi connectivity index (χ2n) is 8.78. The zero-order chi connectivity index (χ0) is 26.2. The number of aromatic nitrogens is 3. The molecule has 1 aliphatic heterocycles. The Hall–Kier alpha value is -3.90. The van der Waals surface area contributed by atoms with E-state index in [2.05, 4.69) is 10.1 Å². The number of urea groups is 1. The number of carbonyl (C=O) groups is 2. The summed E-state index contributed by atoms with van der Waals surface area (Å²) in [7, 11) is 4.49. The van der Waals surface area contributed by atoms with E-state index in [4.69, 9.17) is 4.42 Å². The number of benzene rings is 1. The van der Waals surface area contributed by atoms with E-state index < -0.39 is 42.3 Å². The summed E-state index contributed by atoms with van der Waals surface area (Å²) in [6.07, 6.45) is -3.34. The molecule has 3 aromatic rings. The monoisotopic (exact) mass is 508 g/mol. The lowest BCUT2D eigenvalue weighted by Gasteiger charge is -2.21. The first-order chi connectivity index (χ1) is 17.0. The minimum Gasteiger partial charge on any atom is -0.459 e. The molecule has 1 aromatic carbocycles. The van der Waals surface area contributed by atoms with Gasteiger partial charge in [-0.2, -0.15) is 22.8 Å². The van der Waals surface area contributed by atoms with Gasteiger partial charge in [0.25, 0.3) is 0 Å². The van der Waals surface area contributed by atoms with Gasteiger partial charge >= 0.3 is 18.1 Å². The predicted octanol–water partition coefficient (Wildman–Crippen LogP) is 3.59. The molecule has 0 bridgehead atoms. The molecule has 9 nitrogen and oxygen atoms in total. The summed E-state index contributed by atoms with van der Waals surface area (Å²) in [5.41, 5.74) is 0.678. The molecule has 0 N–H and O–H groups in total. The fourth-order valence-electron chi connectivity index (χ4n) is 4.13.